The van der Waals surface area contributed by atoms with Gasteiger partial charge in [0.1, 0.15) is 0 Å². The topological polar surface area (TPSA) is 55.2 Å². The maximum Gasteiger partial charge on any atom is 0.269 e. The molecule has 0 aliphatic carbocycles. The van der Waals surface area contributed by atoms with E-state index in [0.717, 1.165) is 24.6 Å². The number of hydrogen-bond acceptors (Lipinski definition) is 3. The minimum Gasteiger partial charge on any atom is -0.313 e. The quantitative estimate of drug-likeness (QED) is 0.449. The number of nitrogens with zero attached hydrogens (tertiary/aromatic N) is 1. The van der Waals surface area contributed by atoms with Crippen molar-refractivity contribution in [2.45, 2.75) is 33.2 Å². The van der Waals surface area contributed by atoms with E-state index in [-0.39, 0.29) is 10.6 Å². The van der Waals surface area contributed by atoms with E-state index in [0.29, 0.717) is 0 Å². The van der Waals surface area contributed by atoms with Crippen molar-refractivity contribution in [3.8, 4) is 0 Å². The van der Waals surface area contributed by atoms with Gasteiger partial charge in [-0.05, 0) is 30.9 Å². The Morgan fingerprint density at radius 1 is 1.29 bits per heavy atom. The summed E-state index contributed by atoms with van der Waals surface area (Å²) in [6, 6.07) is 6.69. The lowest BCUT2D eigenvalue weighted by atomic mass is 10.1. The summed E-state index contributed by atoms with van der Waals surface area (Å²) >= 11 is 0. The van der Waals surface area contributed by atoms with Gasteiger partial charge in [0.2, 0.25) is 0 Å². The molecule has 4 heteroatoms. The van der Waals surface area contributed by atoms with Gasteiger partial charge in [-0.2, -0.15) is 0 Å². The molecule has 0 aliphatic rings. The van der Waals surface area contributed by atoms with Crippen molar-refractivity contribution in [1.29, 1.82) is 0 Å². The molecular formula is C13H20N2O2. The van der Waals surface area contributed by atoms with Crippen LogP contribution in [0.5, 0.6) is 0 Å². The number of hydrogen-bond donors (Lipinski definition) is 1. The van der Waals surface area contributed by atoms with E-state index >= 15 is 0 Å². The molecule has 1 aromatic rings. The fraction of sp³-hybridized carbons (Fsp3) is 0.538. The number of nitrogens with one attached hydrogen (secondary N) is 1. The van der Waals surface area contributed by atoms with Crippen molar-refractivity contribution in [2.24, 2.45) is 5.92 Å². The van der Waals surface area contributed by atoms with Crippen LogP contribution < -0.4 is 5.32 Å². The second kappa shape index (κ2) is 7.01. The Labute approximate surface area is 102 Å². The van der Waals surface area contributed by atoms with Gasteiger partial charge >= 0.3 is 0 Å². The van der Waals surface area contributed by atoms with Crippen molar-refractivity contribution in [1.82, 2.24) is 5.32 Å². The number of benzene rings is 1. The van der Waals surface area contributed by atoms with Gasteiger partial charge in [-0.15, -0.1) is 0 Å². The molecule has 94 valence electrons. The van der Waals surface area contributed by atoms with Gasteiger partial charge in [-0.3, -0.25) is 10.1 Å². The first-order valence-electron chi connectivity index (χ1n) is 6.03. The molecule has 0 unspecified atom stereocenters. The molecule has 1 N–H and O–H groups in total. The predicted molar refractivity (Wildman–Crippen MR) is 68.9 cm³/mol. The molecule has 0 spiro atoms. The van der Waals surface area contributed by atoms with E-state index in [4.69, 9.17) is 0 Å². The maximum absolute atomic E-state index is 10.5. The van der Waals surface area contributed by atoms with Gasteiger partial charge in [0, 0.05) is 18.7 Å². The van der Waals surface area contributed by atoms with E-state index in [2.05, 4.69) is 19.2 Å². The molecule has 0 saturated heterocycles. The van der Waals surface area contributed by atoms with Crippen LogP contribution in [0.4, 0.5) is 5.69 Å². The Bertz CT molecular complexity index is 347. The largest absolute Gasteiger partial charge is 0.313 e. The maximum atomic E-state index is 10.5. The van der Waals surface area contributed by atoms with Gasteiger partial charge in [0.25, 0.3) is 5.69 Å². The van der Waals surface area contributed by atoms with E-state index in [1.54, 1.807) is 24.3 Å². The summed E-state index contributed by atoms with van der Waals surface area (Å²) in [6.07, 6.45) is 2.40. The van der Waals surface area contributed by atoms with Gasteiger partial charge < -0.3 is 5.32 Å². The summed E-state index contributed by atoms with van der Waals surface area (Å²) in [5, 5.41) is 13.8. The molecule has 0 bridgehead atoms. The molecule has 0 aliphatic heterocycles. The van der Waals surface area contributed by atoms with Crippen LogP contribution in [0.3, 0.4) is 0 Å². The highest BCUT2D eigenvalue weighted by Crippen LogP contribution is 2.11. The van der Waals surface area contributed by atoms with Crippen molar-refractivity contribution in [2.75, 3.05) is 6.54 Å². The molecule has 0 aromatic heterocycles. The first-order chi connectivity index (χ1) is 8.09. The normalized spacial score (nSPS) is 10.8. The molecule has 0 heterocycles. The molecule has 0 fully saturated rings. The molecule has 0 radical (unpaired) electrons. The predicted octanol–water partition coefficient (Wildman–Crippen LogP) is 3.12. The summed E-state index contributed by atoms with van der Waals surface area (Å²) < 4.78 is 0. The van der Waals surface area contributed by atoms with Crippen LogP contribution in [0, 0.1) is 16.0 Å². The number of rotatable bonds is 7. The smallest absolute Gasteiger partial charge is 0.269 e. The lowest BCUT2D eigenvalue weighted by Gasteiger charge is -2.06. The Balaban J connectivity index is 2.25. The molecule has 0 atom stereocenters. The highest BCUT2D eigenvalue weighted by molar-refractivity contribution is 5.32. The molecule has 1 aromatic carbocycles. The standard InChI is InChI=1S/C13H20N2O2/c1-11(2)4-3-9-14-10-12-5-7-13(8-6-12)15(16)17/h5-8,11,14H,3-4,9-10H2,1-2H3. The fourth-order valence-electron chi connectivity index (χ4n) is 1.60. The summed E-state index contributed by atoms with van der Waals surface area (Å²) in [5.41, 5.74) is 1.23. The van der Waals surface area contributed by atoms with E-state index in [1.807, 2.05) is 0 Å². The Kier molecular flexibility index (Phi) is 5.63. The van der Waals surface area contributed by atoms with Crippen LogP contribution >= 0.6 is 0 Å². The van der Waals surface area contributed by atoms with Crippen molar-refractivity contribution in [3.05, 3.63) is 39.9 Å². The summed E-state index contributed by atoms with van der Waals surface area (Å²) in [6.45, 7) is 6.21. The Morgan fingerprint density at radius 2 is 1.94 bits per heavy atom. The van der Waals surface area contributed by atoms with E-state index in [9.17, 15) is 10.1 Å². The van der Waals surface area contributed by atoms with Crippen LogP contribution in [0.25, 0.3) is 0 Å². The van der Waals surface area contributed by atoms with Crippen LogP contribution in [0.2, 0.25) is 0 Å². The van der Waals surface area contributed by atoms with Gasteiger partial charge in [0.15, 0.2) is 0 Å². The minimum atomic E-state index is -0.375. The summed E-state index contributed by atoms with van der Waals surface area (Å²) in [7, 11) is 0. The van der Waals surface area contributed by atoms with Crippen LogP contribution in [0.15, 0.2) is 24.3 Å². The number of non-ortho nitro benzene ring substituents is 1. The van der Waals surface area contributed by atoms with Gasteiger partial charge in [-0.1, -0.05) is 26.0 Å². The zero-order valence-corrected chi connectivity index (χ0v) is 10.5. The summed E-state index contributed by atoms with van der Waals surface area (Å²) in [5.74, 6) is 0.746. The lowest BCUT2D eigenvalue weighted by molar-refractivity contribution is -0.384. The SMILES string of the molecule is CC(C)CCCNCc1ccc([N+](=O)[O-])cc1. The lowest BCUT2D eigenvalue weighted by Crippen LogP contribution is -2.15. The molecule has 1 rings (SSSR count). The van der Waals surface area contributed by atoms with Gasteiger partial charge in [0.05, 0.1) is 4.92 Å². The average Bonchev–Trinajstić information content (AvgIpc) is 2.29. The molecular weight excluding hydrogens is 216 g/mol. The minimum absolute atomic E-state index is 0.147. The van der Waals surface area contributed by atoms with Crippen molar-refractivity contribution < 1.29 is 4.92 Å². The second-order valence-corrected chi connectivity index (χ2v) is 4.64. The van der Waals surface area contributed by atoms with Crippen LogP contribution in [0.1, 0.15) is 32.3 Å². The van der Waals surface area contributed by atoms with E-state index < -0.39 is 0 Å². The third-order valence-corrected chi connectivity index (χ3v) is 2.61. The molecule has 4 nitrogen and oxygen atoms in total. The number of nitro benzene ring substituents is 1. The molecule has 0 saturated carbocycles. The van der Waals surface area contributed by atoms with Crippen molar-refractivity contribution in [3.63, 3.8) is 0 Å². The Hall–Kier alpha value is -1.42. The van der Waals surface area contributed by atoms with Crippen LogP contribution in [-0.4, -0.2) is 11.5 Å². The fourth-order valence-corrected chi connectivity index (χ4v) is 1.60. The van der Waals surface area contributed by atoms with Crippen molar-refractivity contribution >= 4 is 5.69 Å². The summed E-state index contributed by atoms with van der Waals surface area (Å²) in [4.78, 5) is 10.1. The first-order valence-corrected chi connectivity index (χ1v) is 6.03. The molecule has 17 heavy (non-hydrogen) atoms. The monoisotopic (exact) mass is 236 g/mol. The van der Waals surface area contributed by atoms with E-state index in [1.165, 1.54) is 12.8 Å². The molecule has 0 amide bonds. The van der Waals surface area contributed by atoms with Gasteiger partial charge in [-0.25, -0.2) is 0 Å². The highest BCUT2D eigenvalue weighted by Gasteiger charge is 2.03. The Morgan fingerprint density at radius 3 is 2.47 bits per heavy atom. The first kappa shape index (κ1) is 13.6. The van der Waals surface area contributed by atoms with Crippen LogP contribution in [-0.2, 0) is 6.54 Å². The zero-order valence-electron chi connectivity index (χ0n) is 10.5. The second-order valence-electron chi connectivity index (χ2n) is 4.64. The third-order valence-electron chi connectivity index (χ3n) is 2.61. The highest BCUT2D eigenvalue weighted by atomic mass is 16.6. The average molecular weight is 236 g/mol. The zero-order chi connectivity index (χ0) is 12.7. The number of nitro groups is 1. The third kappa shape index (κ3) is 5.45.